The van der Waals surface area contributed by atoms with Gasteiger partial charge in [0, 0.05) is 25.8 Å². The molecule has 1 amide bonds. The number of amides is 1. The second-order valence-corrected chi connectivity index (χ2v) is 9.37. The van der Waals surface area contributed by atoms with Crippen LogP contribution in [-0.2, 0) is 16.8 Å². The predicted octanol–water partition coefficient (Wildman–Crippen LogP) is 4.01. The highest BCUT2D eigenvalue weighted by molar-refractivity contribution is 5.94. The lowest BCUT2D eigenvalue weighted by atomic mass is 9.83. The highest BCUT2D eigenvalue weighted by Gasteiger charge is 2.41. The summed E-state index contributed by atoms with van der Waals surface area (Å²) in [6.45, 7) is 2.57. The maximum atomic E-state index is 13.3. The van der Waals surface area contributed by atoms with E-state index < -0.39 is 5.54 Å². The Morgan fingerprint density at radius 1 is 1.03 bits per heavy atom. The first kappa shape index (κ1) is 23.1. The van der Waals surface area contributed by atoms with Crippen LogP contribution in [0.25, 0.3) is 0 Å². The average molecular weight is 469 g/mol. The Morgan fingerprint density at radius 3 is 2.37 bits per heavy atom. The summed E-state index contributed by atoms with van der Waals surface area (Å²) in [5, 5.41) is 0. The van der Waals surface area contributed by atoms with Crippen LogP contribution in [0, 0.1) is 0 Å². The van der Waals surface area contributed by atoms with Crippen molar-refractivity contribution in [2.75, 3.05) is 26.8 Å². The van der Waals surface area contributed by atoms with Crippen molar-refractivity contribution < 1.29 is 9.53 Å². The van der Waals surface area contributed by atoms with Crippen molar-refractivity contribution in [2.45, 2.75) is 31.0 Å². The van der Waals surface area contributed by atoms with Crippen LogP contribution in [0.5, 0.6) is 0 Å². The zero-order chi connectivity index (χ0) is 24.3. The molecule has 1 fully saturated rings. The number of hydrogen-bond donors (Lipinski definition) is 1. The van der Waals surface area contributed by atoms with E-state index in [1.165, 1.54) is 0 Å². The first-order valence-electron chi connectivity index (χ1n) is 12.2. The monoisotopic (exact) mass is 468 g/mol. The Balaban J connectivity index is 1.39. The van der Waals surface area contributed by atoms with Crippen LogP contribution in [0.4, 0.5) is 0 Å². The minimum absolute atomic E-state index is 0.0670. The van der Waals surface area contributed by atoms with Crippen LogP contribution in [0.15, 0.2) is 89.9 Å². The standard InChI is InChI=1S/C29H32N4O2/c1-35-20-26-16-9-17-33(26)27(34)23-11-8-10-22(18-23)19-32-21-29(31-28(32)30,24-12-4-2-5-13-24)25-14-6-3-7-15-25/h2-8,10-15,18,26H,9,16-17,19-21H2,1H3,(H2,30,31)/t26-/m1/s1. The van der Waals surface area contributed by atoms with Gasteiger partial charge in [0.05, 0.1) is 19.2 Å². The normalized spacial score (nSPS) is 19.1. The molecule has 3 aromatic carbocycles. The van der Waals surface area contributed by atoms with Crippen LogP contribution in [0.1, 0.15) is 39.9 Å². The number of nitrogens with two attached hydrogens (primary N) is 1. The molecule has 2 aliphatic heterocycles. The minimum atomic E-state index is -0.567. The Labute approximate surface area is 207 Å². The van der Waals surface area contributed by atoms with Crippen molar-refractivity contribution >= 4 is 11.9 Å². The number of hydrogen-bond acceptors (Lipinski definition) is 5. The third-order valence-corrected chi connectivity index (χ3v) is 7.10. The molecule has 6 heteroatoms. The molecule has 180 valence electrons. The summed E-state index contributed by atoms with van der Waals surface area (Å²) in [6, 6.07) is 28.7. The van der Waals surface area contributed by atoms with E-state index in [2.05, 4.69) is 29.2 Å². The van der Waals surface area contributed by atoms with E-state index in [0.717, 1.165) is 36.1 Å². The third-order valence-electron chi connectivity index (χ3n) is 7.10. The molecule has 6 nitrogen and oxygen atoms in total. The first-order valence-corrected chi connectivity index (χ1v) is 12.2. The van der Waals surface area contributed by atoms with Gasteiger partial charge in [0.1, 0.15) is 5.54 Å². The molecule has 2 aliphatic rings. The van der Waals surface area contributed by atoms with Crippen LogP contribution in [-0.4, -0.2) is 54.5 Å². The highest BCUT2D eigenvalue weighted by atomic mass is 16.5. The van der Waals surface area contributed by atoms with Crippen LogP contribution >= 0.6 is 0 Å². The second-order valence-electron chi connectivity index (χ2n) is 9.37. The molecule has 2 heterocycles. The lowest BCUT2D eigenvalue weighted by Crippen LogP contribution is -2.38. The molecular formula is C29H32N4O2. The number of methoxy groups -OCH3 is 1. The van der Waals surface area contributed by atoms with Gasteiger partial charge in [-0.2, -0.15) is 0 Å². The molecule has 3 aromatic rings. The molecule has 5 rings (SSSR count). The zero-order valence-corrected chi connectivity index (χ0v) is 20.1. The van der Waals surface area contributed by atoms with E-state index in [1.807, 2.05) is 65.6 Å². The number of benzene rings is 3. The van der Waals surface area contributed by atoms with E-state index >= 15 is 0 Å². The van der Waals surface area contributed by atoms with Crippen molar-refractivity contribution in [1.82, 2.24) is 9.80 Å². The molecule has 0 aliphatic carbocycles. The Morgan fingerprint density at radius 2 is 1.71 bits per heavy atom. The van der Waals surface area contributed by atoms with E-state index in [-0.39, 0.29) is 11.9 Å². The number of rotatable bonds is 7. The lowest BCUT2D eigenvalue weighted by molar-refractivity contribution is 0.0630. The SMILES string of the molecule is COC[C@H]1CCCN1C(=O)c1cccc(CN2CC(c3ccccc3)(c3ccccc3)N=C2N)c1. The van der Waals surface area contributed by atoms with Crippen molar-refractivity contribution in [3.05, 3.63) is 107 Å². The van der Waals surface area contributed by atoms with Crippen molar-refractivity contribution in [3.63, 3.8) is 0 Å². The number of guanidine groups is 1. The molecule has 1 atom stereocenters. The van der Waals surface area contributed by atoms with Gasteiger partial charge in [-0.3, -0.25) is 4.79 Å². The van der Waals surface area contributed by atoms with Gasteiger partial charge < -0.3 is 20.3 Å². The van der Waals surface area contributed by atoms with E-state index in [9.17, 15) is 4.79 Å². The topological polar surface area (TPSA) is 71.2 Å². The molecule has 2 N–H and O–H groups in total. The quantitative estimate of drug-likeness (QED) is 0.569. The van der Waals surface area contributed by atoms with Gasteiger partial charge in [0.25, 0.3) is 5.91 Å². The minimum Gasteiger partial charge on any atom is -0.383 e. The van der Waals surface area contributed by atoms with Gasteiger partial charge in [0.15, 0.2) is 5.96 Å². The van der Waals surface area contributed by atoms with E-state index in [4.69, 9.17) is 15.5 Å². The predicted molar refractivity (Wildman–Crippen MR) is 138 cm³/mol. The van der Waals surface area contributed by atoms with Gasteiger partial charge >= 0.3 is 0 Å². The molecule has 0 saturated carbocycles. The van der Waals surface area contributed by atoms with Gasteiger partial charge in [0.2, 0.25) is 0 Å². The van der Waals surface area contributed by atoms with Gasteiger partial charge in [-0.05, 0) is 41.7 Å². The highest BCUT2D eigenvalue weighted by Crippen LogP contribution is 2.38. The zero-order valence-electron chi connectivity index (χ0n) is 20.1. The van der Waals surface area contributed by atoms with Crippen LogP contribution < -0.4 is 5.73 Å². The maximum absolute atomic E-state index is 13.3. The second kappa shape index (κ2) is 9.92. The fourth-order valence-corrected chi connectivity index (χ4v) is 5.36. The fourth-order valence-electron chi connectivity index (χ4n) is 5.36. The summed E-state index contributed by atoms with van der Waals surface area (Å²) in [5.74, 6) is 0.575. The third kappa shape index (κ3) is 4.54. The number of carbonyl (C=O) groups excluding carboxylic acids is 1. The van der Waals surface area contributed by atoms with E-state index in [1.54, 1.807) is 7.11 Å². The number of carbonyl (C=O) groups is 1. The molecule has 0 bridgehead atoms. The number of nitrogens with zero attached hydrogens (tertiary/aromatic N) is 3. The molecule has 0 radical (unpaired) electrons. The lowest BCUT2D eigenvalue weighted by Gasteiger charge is -2.29. The average Bonchev–Trinajstić information content (AvgIpc) is 3.50. The van der Waals surface area contributed by atoms with Crippen LogP contribution in [0.2, 0.25) is 0 Å². The molecule has 1 saturated heterocycles. The number of likely N-dealkylation sites (tertiary alicyclic amines) is 1. The van der Waals surface area contributed by atoms with E-state index in [0.29, 0.717) is 31.2 Å². The summed E-state index contributed by atoms with van der Waals surface area (Å²) in [5.41, 5.74) is 9.91. The summed E-state index contributed by atoms with van der Waals surface area (Å²) >= 11 is 0. The largest absolute Gasteiger partial charge is 0.383 e. The Kier molecular flexibility index (Phi) is 6.55. The first-order chi connectivity index (χ1) is 17.1. The fraction of sp³-hybridized carbons (Fsp3) is 0.310. The summed E-state index contributed by atoms with van der Waals surface area (Å²) in [4.78, 5) is 22.3. The molecule has 0 spiro atoms. The van der Waals surface area contributed by atoms with Gasteiger partial charge in [-0.25, -0.2) is 4.99 Å². The summed E-state index contributed by atoms with van der Waals surface area (Å²) in [6.07, 6.45) is 2.00. The molecular weight excluding hydrogens is 436 g/mol. The molecule has 35 heavy (non-hydrogen) atoms. The summed E-state index contributed by atoms with van der Waals surface area (Å²) < 4.78 is 5.33. The van der Waals surface area contributed by atoms with Crippen molar-refractivity contribution in [3.8, 4) is 0 Å². The van der Waals surface area contributed by atoms with Gasteiger partial charge in [-0.15, -0.1) is 0 Å². The Bertz CT molecular complexity index is 1160. The van der Waals surface area contributed by atoms with Crippen molar-refractivity contribution in [1.29, 1.82) is 0 Å². The number of ether oxygens (including phenoxy) is 1. The maximum Gasteiger partial charge on any atom is 0.254 e. The molecule has 0 aromatic heterocycles. The Hall–Kier alpha value is -3.64. The number of aliphatic imine (C=N–C) groups is 1. The van der Waals surface area contributed by atoms with Gasteiger partial charge in [-0.1, -0.05) is 72.8 Å². The summed E-state index contributed by atoms with van der Waals surface area (Å²) in [7, 11) is 1.69. The smallest absolute Gasteiger partial charge is 0.254 e. The van der Waals surface area contributed by atoms with Crippen LogP contribution in [0.3, 0.4) is 0 Å². The van der Waals surface area contributed by atoms with Crippen molar-refractivity contribution in [2.24, 2.45) is 10.7 Å². The molecule has 0 unspecified atom stereocenters.